The third-order valence-corrected chi connectivity index (χ3v) is 5.98. The van der Waals surface area contributed by atoms with Gasteiger partial charge in [-0.1, -0.05) is 36.8 Å². The van der Waals surface area contributed by atoms with Gasteiger partial charge in [0.2, 0.25) is 0 Å². The zero-order valence-electron chi connectivity index (χ0n) is 12.5. The maximum Gasteiger partial charge on any atom is 0.0949 e. The van der Waals surface area contributed by atoms with Crippen LogP contribution in [0.2, 0.25) is 0 Å². The van der Waals surface area contributed by atoms with E-state index in [9.17, 15) is 0 Å². The summed E-state index contributed by atoms with van der Waals surface area (Å²) in [5.74, 6) is 0. The van der Waals surface area contributed by atoms with Gasteiger partial charge in [-0.3, -0.25) is 0 Å². The summed E-state index contributed by atoms with van der Waals surface area (Å²) in [5, 5.41) is 0. The van der Waals surface area contributed by atoms with E-state index >= 15 is 0 Å². The van der Waals surface area contributed by atoms with Crippen molar-refractivity contribution in [1.29, 1.82) is 0 Å². The molecule has 3 rings (SSSR count). The van der Waals surface area contributed by atoms with Gasteiger partial charge in [-0.15, -0.1) is 0 Å². The number of benzene rings is 1. The minimum Gasteiger partial charge on any atom is -0.332 e. The lowest BCUT2D eigenvalue weighted by Crippen LogP contribution is -2.38. The largest absolute Gasteiger partial charge is 0.332 e. The standard InChI is InChI=1S/C17H23N3S/c1-21-17(8-5-9-17)12-20-13-19-11-16(20)15(18)10-14-6-3-2-4-7-14/h2-4,6-7,11,13,15H,5,8-10,12,18H2,1H3/t15-/m1/s1. The topological polar surface area (TPSA) is 43.8 Å². The fraction of sp³-hybridized carbons (Fsp3) is 0.471. The van der Waals surface area contributed by atoms with Crippen LogP contribution in [0.3, 0.4) is 0 Å². The van der Waals surface area contributed by atoms with Gasteiger partial charge in [-0.25, -0.2) is 4.98 Å². The number of nitrogens with zero attached hydrogens (tertiary/aromatic N) is 2. The third kappa shape index (κ3) is 3.16. The average Bonchev–Trinajstić information content (AvgIpc) is 2.92. The van der Waals surface area contributed by atoms with Crippen molar-refractivity contribution in [1.82, 2.24) is 9.55 Å². The van der Waals surface area contributed by atoms with E-state index in [2.05, 4.69) is 40.1 Å². The van der Waals surface area contributed by atoms with Crippen LogP contribution in [0.1, 0.15) is 36.6 Å². The van der Waals surface area contributed by atoms with Crippen LogP contribution in [-0.2, 0) is 13.0 Å². The Kier molecular flexibility index (Phi) is 4.36. The smallest absolute Gasteiger partial charge is 0.0949 e. The van der Waals surface area contributed by atoms with Crippen LogP contribution >= 0.6 is 11.8 Å². The Bertz CT molecular complexity index is 569. The van der Waals surface area contributed by atoms with Crippen molar-refractivity contribution in [2.45, 2.75) is 43.0 Å². The molecule has 1 atom stereocenters. The van der Waals surface area contributed by atoms with Gasteiger partial charge in [-0.2, -0.15) is 11.8 Å². The number of imidazole rings is 1. The zero-order chi connectivity index (χ0) is 14.7. The molecule has 1 aliphatic rings. The van der Waals surface area contributed by atoms with Crippen LogP contribution in [0.25, 0.3) is 0 Å². The molecule has 0 spiro atoms. The molecule has 2 aromatic rings. The molecular formula is C17H23N3S. The maximum absolute atomic E-state index is 6.42. The quantitative estimate of drug-likeness (QED) is 0.889. The first-order chi connectivity index (χ1) is 10.2. The summed E-state index contributed by atoms with van der Waals surface area (Å²) >= 11 is 1.99. The van der Waals surface area contributed by atoms with Crippen LogP contribution in [0.5, 0.6) is 0 Å². The highest BCUT2D eigenvalue weighted by atomic mass is 32.2. The zero-order valence-corrected chi connectivity index (χ0v) is 13.4. The molecule has 112 valence electrons. The van der Waals surface area contributed by atoms with Crippen LogP contribution in [0.4, 0.5) is 0 Å². The molecule has 1 aliphatic carbocycles. The van der Waals surface area contributed by atoms with Gasteiger partial charge >= 0.3 is 0 Å². The van der Waals surface area contributed by atoms with E-state index in [0.29, 0.717) is 4.75 Å². The Morgan fingerprint density at radius 3 is 2.71 bits per heavy atom. The van der Waals surface area contributed by atoms with E-state index in [0.717, 1.165) is 18.7 Å². The molecule has 0 radical (unpaired) electrons. The number of rotatable bonds is 6. The number of nitrogens with two attached hydrogens (primary N) is 1. The van der Waals surface area contributed by atoms with Crippen molar-refractivity contribution in [3.63, 3.8) is 0 Å². The van der Waals surface area contributed by atoms with Gasteiger partial charge in [-0.05, 0) is 31.1 Å². The van der Waals surface area contributed by atoms with E-state index in [1.807, 2.05) is 30.4 Å². The molecule has 2 N–H and O–H groups in total. The predicted octanol–water partition coefficient (Wildman–Crippen LogP) is 3.41. The third-order valence-electron chi connectivity index (χ3n) is 4.58. The van der Waals surface area contributed by atoms with E-state index in [-0.39, 0.29) is 6.04 Å². The summed E-state index contributed by atoms with van der Waals surface area (Å²) in [6, 6.07) is 10.4. The van der Waals surface area contributed by atoms with E-state index in [4.69, 9.17) is 5.73 Å². The summed E-state index contributed by atoms with van der Waals surface area (Å²) < 4.78 is 2.67. The molecule has 1 fully saturated rings. The van der Waals surface area contributed by atoms with Crippen molar-refractivity contribution in [3.05, 3.63) is 54.1 Å². The number of hydrogen-bond donors (Lipinski definition) is 1. The summed E-state index contributed by atoms with van der Waals surface area (Å²) in [7, 11) is 0. The van der Waals surface area contributed by atoms with Gasteiger partial charge in [0.25, 0.3) is 0 Å². The number of thioether (sulfide) groups is 1. The lowest BCUT2D eigenvalue weighted by Gasteiger charge is -2.41. The Hall–Kier alpha value is -1.26. The van der Waals surface area contributed by atoms with Gasteiger partial charge in [0.1, 0.15) is 0 Å². The van der Waals surface area contributed by atoms with E-state index < -0.39 is 0 Å². The van der Waals surface area contributed by atoms with Crippen molar-refractivity contribution >= 4 is 11.8 Å². The highest BCUT2D eigenvalue weighted by Gasteiger charge is 2.37. The number of hydrogen-bond acceptors (Lipinski definition) is 3. The fourth-order valence-electron chi connectivity index (χ4n) is 3.05. The van der Waals surface area contributed by atoms with Crippen molar-refractivity contribution < 1.29 is 0 Å². The summed E-state index contributed by atoms with van der Waals surface area (Å²) in [6.45, 7) is 1.03. The molecule has 0 bridgehead atoms. The highest BCUT2D eigenvalue weighted by Crippen LogP contribution is 2.44. The van der Waals surface area contributed by atoms with Crippen molar-refractivity contribution in [3.8, 4) is 0 Å². The average molecular weight is 301 g/mol. The molecule has 1 aromatic carbocycles. The van der Waals surface area contributed by atoms with Crippen LogP contribution in [0.15, 0.2) is 42.9 Å². The first-order valence-electron chi connectivity index (χ1n) is 7.57. The molecule has 21 heavy (non-hydrogen) atoms. The maximum atomic E-state index is 6.42. The molecule has 0 saturated heterocycles. The minimum atomic E-state index is 0.00822. The Labute approximate surface area is 131 Å². The van der Waals surface area contributed by atoms with Gasteiger partial charge in [0.05, 0.1) is 18.1 Å². The minimum absolute atomic E-state index is 0.00822. The van der Waals surface area contributed by atoms with E-state index in [1.54, 1.807) is 0 Å². The molecule has 0 unspecified atom stereocenters. The molecule has 1 aromatic heterocycles. The Morgan fingerprint density at radius 1 is 1.33 bits per heavy atom. The second-order valence-electron chi connectivity index (χ2n) is 5.98. The van der Waals surface area contributed by atoms with Crippen molar-refractivity contribution in [2.75, 3.05) is 6.26 Å². The normalized spacial score (nSPS) is 18.2. The molecule has 1 saturated carbocycles. The summed E-state index contributed by atoms with van der Waals surface area (Å²) in [6.07, 6.45) is 10.9. The molecule has 0 amide bonds. The van der Waals surface area contributed by atoms with E-state index in [1.165, 1.54) is 24.8 Å². The SMILES string of the molecule is CSC1(Cn2cncc2[C@H](N)Cc2ccccc2)CCC1. The first kappa shape index (κ1) is 14.7. The van der Waals surface area contributed by atoms with Crippen LogP contribution in [-0.4, -0.2) is 20.6 Å². The first-order valence-corrected chi connectivity index (χ1v) is 8.80. The molecule has 4 heteroatoms. The molecule has 0 aliphatic heterocycles. The summed E-state index contributed by atoms with van der Waals surface area (Å²) in [5.41, 5.74) is 8.86. The molecule has 3 nitrogen and oxygen atoms in total. The van der Waals surface area contributed by atoms with Gasteiger partial charge in [0, 0.05) is 17.5 Å². The Balaban J connectivity index is 1.72. The predicted molar refractivity (Wildman–Crippen MR) is 89.4 cm³/mol. The monoisotopic (exact) mass is 301 g/mol. The van der Waals surface area contributed by atoms with Crippen LogP contribution < -0.4 is 5.73 Å². The molecule has 1 heterocycles. The lowest BCUT2D eigenvalue weighted by atomic mass is 9.84. The second kappa shape index (κ2) is 6.24. The van der Waals surface area contributed by atoms with Crippen molar-refractivity contribution in [2.24, 2.45) is 5.73 Å². The highest BCUT2D eigenvalue weighted by molar-refractivity contribution is 8.00. The number of aromatic nitrogens is 2. The van der Waals surface area contributed by atoms with Crippen LogP contribution in [0, 0.1) is 0 Å². The lowest BCUT2D eigenvalue weighted by molar-refractivity contribution is 0.316. The fourth-order valence-corrected chi connectivity index (χ4v) is 4.02. The second-order valence-corrected chi connectivity index (χ2v) is 7.26. The molecular weight excluding hydrogens is 278 g/mol. The van der Waals surface area contributed by atoms with Gasteiger partial charge < -0.3 is 10.3 Å². The van der Waals surface area contributed by atoms with Gasteiger partial charge in [0.15, 0.2) is 0 Å². The Morgan fingerprint density at radius 2 is 2.10 bits per heavy atom. The summed E-state index contributed by atoms with van der Waals surface area (Å²) in [4.78, 5) is 4.34.